The van der Waals surface area contributed by atoms with Crippen molar-refractivity contribution >= 4 is 30.4 Å². The quantitative estimate of drug-likeness (QED) is 0.473. The third-order valence-corrected chi connectivity index (χ3v) is 7.25. The Labute approximate surface area is 175 Å². The molecule has 28 heavy (non-hydrogen) atoms. The van der Waals surface area contributed by atoms with Gasteiger partial charge < -0.3 is 0 Å². The molecule has 0 fully saturated rings. The van der Waals surface area contributed by atoms with Crippen LogP contribution >= 0.6 is 0 Å². The topological polar surface area (TPSA) is 22.1 Å². The predicted octanol–water partition coefficient (Wildman–Crippen LogP) is 2.25. The first-order valence-electron chi connectivity index (χ1n) is 10.1. The molecule has 1 heterocycles. The summed E-state index contributed by atoms with van der Waals surface area (Å²) >= 11 is 0.327. The van der Waals surface area contributed by atoms with Gasteiger partial charge in [-0.2, -0.15) is 0 Å². The molecular weight excluding hydrogens is 411 g/mol. The van der Waals surface area contributed by atoms with Crippen LogP contribution in [0, 0.1) is 11.0 Å². The summed E-state index contributed by atoms with van der Waals surface area (Å²) < 4.78 is 2.82. The molecule has 0 aromatic heterocycles. The van der Waals surface area contributed by atoms with E-state index in [2.05, 4.69) is 86.2 Å². The van der Waals surface area contributed by atoms with E-state index >= 15 is 0 Å². The van der Waals surface area contributed by atoms with Crippen LogP contribution in [0.4, 0.5) is 11.4 Å². The molecule has 0 bridgehead atoms. The number of benzene rings is 2. The van der Waals surface area contributed by atoms with Gasteiger partial charge in [0.2, 0.25) is 0 Å². The summed E-state index contributed by atoms with van der Waals surface area (Å²) in [5.74, 6) is 0. The number of hydrogen-bond donors (Lipinski definition) is 0. The van der Waals surface area contributed by atoms with Gasteiger partial charge in [0.05, 0.1) is 0 Å². The first-order chi connectivity index (χ1) is 13.4. The van der Waals surface area contributed by atoms with Gasteiger partial charge in [0.1, 0.15) is 0 Å². The molecule has 0 atom stereocenters. The summed E-state index contributed by atoms with van der Waals surface area (Å²) in [4.78, 5) is 12.0. The molecular formula is C23H33N4Se. The van der Waals surface area contributed by atoms with Crippen molar-refractivity contribution in [3.63, 3.8) is 0 Å². The Morgan fingerprint density at radius 1 is 0.821 bits per heavy atom. The fourth-order valence-corrected chi connectivity index (χ4v) is 5.75. The van der Waals surface area contributed by atoms with Gasteiger partial charge in [0.25, 0.3) is 0 Å². The number of hydrogen-bond acceptors (Lipinski definition) is 4. The number of anilines is 1. The summed E-state index contributed by atoms with van der Waals surface area (Å²) in [6.45, 7) is 6.62. The third kappa shape index (κ3) is 5.74. The Hall–Kier alpha value is -1.52. The van der Waals surface area contributed by atoms with Crippen molar-refractivity contribution in [2.75, 3.05) is 59.3 Å². The van der Waals surface area contributed by atoms with Crippen molar-refractivity contribution in [3.8, 4) is 0 Å². The van der Waals surface area contributed by atoms with Crippen molar-refractivity contribution in [2.24, 2.45) is 4.99 Å². The Morgan fingerprint density at radius 3 is 2.14 bits per heavy atom. The van der Waals surface area contributed by atoms with Crippen LogP contribution in [0.5, 0.6) is 0 Å². The van der Waals surface area contributed by atoms with E-state index in [1.165, 1.54) is 32.6 Å². The monoisotopic (exact) mass is 445 g/mol. The van der Waals surface area contributed by atoms with Gasteiger partial charge in [0.15, 0.2) is 0 Å². The van der Waals surface area contributed by atoms with Gasteiger partial charge in [-0.1, -0.05) is 0 Å². The van der Waals surface area contributed by atoms with Crippen LogP contribution in [0.1, 0.15) is 18.4 Å². The molecule has 0 spiro atoms. The van der Waals surface area contributed by atoms with Gasteiger partial charge in [-0.3, -0.25) is 0 Å². The molecule has 0 saturated carbocycles. The Kier molecular flexibility index (Phi) is 7.42. The van der Waals surface area contributed by atoms with E-state index in [0.717, 1.165) is 37.2 Å². The molecule has 2 aromatic rings. The first kappa shape index (κ1) is 21.2. The zero-order chi connectivity index (χ0) is 20.1. The number of rotatable bonds is 9. The van der Waals surface area contributed by atoms with Crippen molar-refractivity contribution in [2.45, 2.75) is 19.8 Å². The van der Waals surface area contributed by atoms with E-state index in [0.29, 0.717) is 14.5 Å². The van der Waals surface area contributed by atoms with E-state index < -0.39 is 0 Å². The molecule has 0 saturated heterocycles. The summed E-state index contributed by atoms with van der Waals surface area (Å²) in [7, 11) is 8.61. The molecule has 4 nitrogen and oxygen atoms in total. The van der Waals surface area contributed by atoms with Crippen LogP contribution in [0.2, 0.25) is 0 Å². The van der Waals surface area contributed by atoms with Crippen molar-refractivity contribution in [3.05, 3.63) is 51.4 Å². The van der Waals surface area contributed by atoms with E-state index in [9.17, 15) is 0 Å². The summed E-state index contributed by atoms with van der Waals surface area (Å²) in [5.41, 5.74) is 3.83. The first-order valence-corrected chi connectivity index (χ1v) is 11.8. The molecule has 1 radical (unpaired) electrons. The van der Waals surface area contributed by atoms with E-state index in [-0.39, 0.29) is 0 Å². The number of aryl methyl sites for hydroxylation is 1. The average Bonchev–Trinajstić information content (AvgIpc) is 2.64. The van der Waals surface area contributed by atoms with Crippen LogP contribution in [-0.2, 0) is 0 Å². The minimum atomic E-state index is 0.327. The van der Waals surface area contributed by atoms with E-state index in [1.54, 1.807) is 0 Å². The molecule has 151 valence electrons. The number of nitrogens with zero attached hydrogens (tertiary/aromatic N) is 4. The predicted molar refractivity (Wildman–Crippen MR) is 121 cm³/mol. The maximum atomic E-state index is 4.90. The SMILES string of the molecule is Cc1ccc2c(c1)[Se]=c1cc(N(CCCN(C)C)CCCN(C)C)ccc1=N2. The van der Waals surface area contributed by atoms with Gasteiger partial charge in [-0.15, -0.1) is 0 Å². The summed E-state index contributed by atoms with van der Waals surface area (Å²) in [6, 6.07) is 13.5. The van der Waals surface area contributed by atoms with Crippen molar-refractivity contribution in [1.82, 2.24) is 9.80 Å². The van der Waals surface area contributed by atoms with Gasteiger partial charge in [-0.05, 0) is 0 Å². The zero-order valence-electron chi connectivity index (χ0n) is 17.9. The van der Waals surface area contributed by atoms with Crippen LogP contribution in [0.15, 0.2) is 41.4 Å². The molecule has 0 amide bonds. The zero-order valence-corrected chi connectivity index (χ0v) is 19.6. The van der Waals surface area contributed by atoms with E-state index in [1.807, 2.05) is 0 Å². The van der Waals surface area contributed by atoms with E-state index in [4.69, 9.17) is 4.99 Å². The van der Waals surface area contributed by atoms with Crippen LogP contribution < -0.4 is 14.7 Å². The summed E-state index contributed by atoms with van der Waals surface area (Å²) in [6.07, 6.45) is 2.37. The second-order valence-corrected chi connectivity index (χ2v) is 10.4. The third-order valence-electron chi connectivity index (χ3n) is 4.95. The number of fused-ring (bicyclic) bond motifs is 2. The molecule has 2 aromatic carbocycles. The fraction of sp³-hybridized carbons (Fsp3) is 0.478. The van der Waals surface area contributed by atoms with Gasteiger partial charge in [-0.25, -0.2) is 0 Å². The Bertz CT molecular complexity index is 907. The standard InChI is InChI=1S/C23H33N4Se/c1-18-8-10-20-22(16-18)28-23-17-19(9-11-21(23)24-20)27(14-6-12-25(2)3)15-7-13-26(4)5/h8-11,16-17H,6-7,12-15H2,1-5H3. The minimum absolute atomic E-state index is 0.327. The van der Waals surface area contributed by atoms with Crippen molar-refractivity contribution < 1.29 is 0 Å². The second-order valence-electron chi connectivity index (χ2n) is 8.14. The molecule has 0 aliphatic carbocycles. The molecule has 1 aliphatic heterocycles. The summed E-state index contributed by atoms with van der Waals surface area (Å²) in [5, 5.41) is 1.15. The molecule has 1 aliphatic rings. The van der Waals surface area contributed by atoms with Gasteiger partial charge in [0, 0.05) is 0 Å². The molecule has 3 rings (SSSR count). The maximum absolute atomic E-state index is 4.90. The Morgan fingerprint density at radius 2 is 1.50 bits per heavy atom. The molecule has 0 N–H and O–H groups in total. The average molecular weight is 445 g/mol. The molecule has 5 heteroatoms. The second kappa shape index (κ2) is 9.80. The van der Waals surface area contributed by atoms with Crippen LogP contribution in [0.3, 0.4) is 0 Å². The Balaban J connectivity index is 1.84. The van der Waals surface area contributed by atoms with Crippen LogP contribution in [-0.4, -0.2) is 78.7 Å². The van der Waals surface area contributed by atoms with Gasteiger partial charge >= 0.3 is 176 Å². The van der Waals surface area contributed by atoms with Crippen LogP contribution in [0.25, 0.3) is 0 Å². The molecule has 0 unspecified atom stereocenters. The fourth-order valence-electron chi connectivity index (χ4n) is 3.44. The normalized spacial score (nSPS) is 12.4. The van der Waals surface area contributed by atoms with Crippen molar-refractivity contribution in [1.29, 1.82) is 0 Å².